The summed E-state index contributed by atoms with van der Waals surface area (Å²) in [5.74, 6) is -0.215. The molecule has 0 bridgehead atoms. The van der Waals surface area contributed by atoms with Crippen LogP contribution in [0.3, 0.4) is 0 Å². The summed E-state index contributed by atoms with van der Waals surface area (Å²) in [7, 11) is 0. The molecule has 6 heteroatoms. The topological polar surface area (TPSA) is 88.2 Å². The Balaban J connectivity index is 2.32. The standard InChI is InChI=1S/C14H19N3O3/c1-8-5-10(11-9(2)17-20-13(11)16-8)12(19)15-6-14(3,4)7-18/h5,18H,6-7H2,1-4H3,(H,15,19). The molecule has 0 saturated carbocycles. The smallest absolute Gasteiger partial charge is 0.258 e. The predicted molar refractivity (Wildman–Crippen MR) is 74.5 cm³/mol. The van der Waals surface area contributed by atoms with Gasteiger partial charge in [0.1, 0.15) is 0 Å². The van der Waals surface area contributed by atoms with Gasteiger partial charge in [0.15, 0.2) is 0 Å². The van der Waals surface area contributed by atoms with Gasteiger partial charge in [-0.15, -0.1) is 0 Å². The SMILES string of the molecule is Cc1cc(C(=O)NCC(C)(C)CO)c2c(C)noc2n1. The summed E-state index contributed by atoms with van der Waals surface area (Å²) < 4.78 is 5.11. The van der Waals surface area contributed by atoms with E-state index in [0.29, 0.717) is 34.6 Å². The maximum absolute atomic E-state index is 12.3. The van der Waals surface area contributed by atoms with Crippen molar-refractivity contribution in [2.45, 2.75) is 27.7 Å². The molecule has 2 N–H and O–H groups in total. The molecule has 0 spiro atoms. The average molecular weight is 277 g/mol. The number of fused-ring (bicyclic) bond motifs is 1. The highest BCUT2D eigenvalue weighted by molar-refractivity contribution is 6.06. The third kappa shape index (κ3) is 2.80. The monoisotopic (exact) mass is 277 g/mol. The van der Waals surface area contributed by atoms with Gasteiger partial charge in [0, 0.05) is 24.3 Å². The van der Waals surface area contributed by atoms with Crippen molar-refractivity contribution in [3.8, 4) is 0 Å². The molecule has 0 radical (unpaired) electrons. The highest BCUT2D eigenvalue weighted by Crippen LogP contribution is 2.22. The fourth-order valence-corrected chi connectivity index (χ4v) is 1.87. The average Bonchev–Trinajstić information content (AvgIpc) is 2.76. The largest absolute Gasteiger partial charge is 0.396 e. The molecule has 2 aromatic rings. The Morgan fingerprint density at radius 3 is 2.80 bits per heavy atom. The van der Waals surface area contributed by atoms with E-state index in [-0.39, 0.29) is 17.9 Å². The molecule has 0 aliphatic heterocycles. The molecule has 2 heterocycles. The second-order valence-corrected chi connectivity index (χ2v) is 5.76. The number of aliphatic hydroxyl groups excluding tert-OH is 1. The van der Waals surface area contributed by atoms with Gasteiger partial charge in [-0.1, -0.05) is 19.0 Å². The number of amides is 1. The summed E-state index contributed by atoms with van der Waals surface area (Å²) in [6.07, 6.45) is 0. The number of carbonyl (C=O) groups is 1. The molecule has 0 aliphatic carbocycles. The molecule has 0 fully saturated rings. The zero-order chi connectivity index (χ0) is 14.9. The van der Waals surface area contributed by atoms with Crippen LogP contribution in [0, 0.1) is 19.3 Å². The Bertz CT molecular complexity index is 646. The van der Waals surface area contributed by atoms with E-state index in [1.807, 2.05) is 13.8 Å². The van der Waals surface area contributed by atoms with Gasteiger partial charge in [0.05, 0.1) is 16.6 Å². The molecule has 2 rings (SSSR count). The van der Waals surface area contributed by atoms with Crippen molar-refractivity contribution in [3.05, 3.63) is 23.0 Å². The first-order valence-corrected chi connectivity index (χ1v) is 6.47. The minimum atomic E-state index is -0.361. The second kappa shape index (κ2) is 5.20. The Morgan fingerprint density at radius 1 is 1.45 bits per heavy atom. The van der Waals surface area contributed by atoms with Gasteiger partial charge in [0.2, 0.25) is 0 Å². The van der Waals surface area contributed by atoms with Gasteiger partial charge in [-0.05, 0) is 19.9 Å². The van der Waals surface area contributed by atoms with Crippen molar-refractivity contribution in [2.24, 2.45) is 5.41 Å². The van der Waals surface area contributed by atoms with Crippen LogP contribution >= 0.6 is 0 Å². The zero-order valence-corrected chi connectivity index (χ0v) is 12.1. The third-order valence-corrected chi connectivity index (χ3v) is 3.15. The molecule has 20 heavy (non-hydrogen) atoms. The lowest BCUT2D eigenvalue weighted by Crippen LogP contribution is -2.36. The fourth-order valence-electron chi connectivity index (χ4n) is 1.87. The lowest BCUT2D eigenvalue weighted by molar-refractivity contribution is 0.0912. The number of aromatic nitrogens is 2. The summed E-state index contributed by atoms with van der Waals surface area (Å²) in [5, 5.41) is 16.5. The zero-order valence-electron chi connectivity index (χ0n) is 12.1. The normalized spacial score (nSPS) is 11.8. The van der Waals surface area contributed by atoms with Crippen molar-refractivity contribution < 1.29 is 14.4 Å². The van der Waals surface area contributed by atoms with Crippen molar-refractivity contribution in [3.63, 3.8) is 0 Å². The number of hydrogen-bond acceptors (Lipinski definition) is 5. The van der Waals surface area contributed by atoms with Gasteiger partial charge in [-0.3, -0.25) is 4.79 Å². The summed E-state index contributed by atoms with van der Waals surface area (Å²) in [6, 6.07) is 1.72. The van der Waals surface area contributed by atoms with E-state index in [0.717, 1.165) is 0 Å². The van der Waals surface area contributed by atoms with Crippen molar-refractivity contribution >= 4 is 17.0 Å². The summed E-state index contributed by atoms with van der Waals surface area (Å²) in [5.41, 5.74) is 1.84. The van der Waals surface area contributed by atoms with Crippen LogP contribution in [0.2, 0.25) is 0 Å². The van der Waals surface area contributed by atoms with Crippen LogP contribution in [0.15, 0.2) is 10.6 Å². The summed E-state index contributed by atoms with van der Waals surface area (Å²) >= 11 is 0. The highest BCUT2D eigenvalue weighted by Gasteiger charge is 2.21. The van der Waals surface area contributed by atoms with Crippen LogP contribution in [-0.4, -0.2) is 34.3 Å². The van der Waals surface area contributed by atoms with E-state index in [4.69, 9.17) is 4.52 Å². The Morgan fingerprint density at radius 2 is 2.15 bits per heavy atom. The maximum Gasteiger partial charge on any atom is 0.258 e. The molecule has 0 saturated heterocycles. The van der Waals surface area contributed by atoms with E-state index >= 15 is 0 Å². The number of aliphatic hydroxyl groups is 1. The molecular formula is C14H19N3O3. The van der Waals surface area contributed by atoms with Gasteiger partial charge in [0.25, 0.3) is 11.6 Å². The fraction of sp³-hybridized carbons (Fsp3) is 0.500. The van der Waals surface area contributed by atoms with E-state index in [1.165, 1.54) is 0 Å². The number of nitrogens with one attached hydrogen (secondary N) is 1. The van der Waals surface area contributed by atoms with Crippen molar-refractivity contribution in [1.82, 2.24) is 15.5 Å². The lowest BCUT2D eigenvalue weighted by atomic mass is 9.95. The Labute approximate surface area is 117 Å². The number of pyridine rings is 1. The van der Waals surface area contributed by atoms with Gasteiger partial charge >= 0.3 is 0 Å². The third-order valence-electron chi connectivity index (χ3n) is 3.15. The van der Waals surface area contributed by atoms with E-state index in [9.17, 15) is 9.90 Å². The predicted octanol–water partition coefficient (Wildman–Crippen LogP) is 1.59. The highest BCUT2D eigenvalue weighted by atomic mass is 16.5. The van der Waals surface area contributed by atoms with Crippen LogP contribution in [0.5, 0.6) is 0 Å². The summed E-state index contributed by atoms with van der Waals surface area (Å²) in [6.45, 7) is 7.72. The lowest BCUT2D eigenvalue weighted by Gasteiger charge is -2.21. The van der Waals surface area contributed by atoms with Crippen LogP contribution in [0.4, 0.5) is 0 Å². The number of rotatable bonds is 4. The minimum absolute atomic E-state index is 0.00432. The first-order chi connectivity index (χ1) is 9.34. The number of hydrogen-bond donors (Lipinski definition) is 2. The minimum Gasteiger partial charge on any atom is -0.396 e. The van der Waals surface area contributed by atoms with Gasteiger partial charge < -0.3 is 14.9 Å². The van der Waals surface area contributed by atoms with Crippen LogP contribution in [0.1, 0.15) is 35.6 Å². The number of nitrogens with zero attached hydrogens (tertiary/aromatic N) is 2. The number of aryl methyl sites for hydroxylation is 2. The molecule has 0 aromatic carbocycles. The van der Waals surface area contributed by atoms with Crippen LogP contribution in [-0.2, 0) is 0 Å². The molecule has 108 valence electrons. The molecule has 0 unspecified atom stereocenters. The molecular weight excluding hydrogens is 258 g/mol. The first kappa shape index (κ1) is 14.5. The van der Waals surface area contributed by atoms with Crippen molar-refractivity contribution in [1.29, 1.82) is 0 Å². The van der Waals surface area contributed by atoms with Crippen LogP contribution < -0.4 is 5.32 Å². The Hall–Kier alpha value is -1.95. The molecule has 0 atom stereocenters. The van der Waals surface area contributed by atoms with E-state index in [1.54, 1.807) is 19.9 Å². The van der Waals surface area contributed by atoms with Gasteiger partial charge in [-0.2, -0.15) is 0 Å². The molecule has 0 aliphatic rings. The number of carbonyl (C=O) groups excluding carboxylic acids is 1. The van der Waals surface area contributed by atoms with E-state index < -0.39 is 0 Å². The van der Waals surface area contributed by atoms with E-state index in [2.05, 4.69) is 15.5 Å². The first-order valence-electron chi connectivity index (χ1n) is 6.47. The van der Waals surface area contributed by atoms with Crippen molar-refractivity contribution in [2.75, 3.05) is 13.2 Å². The van der Waals surface area contributed by atoms with Gasteiger partial charge in [-0.25, -0.2) is 4.98 Å². The molecule has 1 amide bonds. The summed E-state index contributed by atoms with van der Waals surface area (Å²) in [4.78, 5) is 16.5. The second-order valence-electron chi connectivity index (χ2n) is 5.76. The van der Waals surface area contributed by atoms with Crippen LogP contribution in [0.25, 0.3) is 11.1 Å². The quantitative estimate of drug-likeness (QED) is 0.886. The maximum atomic E-state index is 12.3. The molecule has 6 nitrogen and oxygen atoms in total. The molecule has 2 aromatic heterocycles. The Kier molecular flexibility index (Phi) is 3.76.